The van der Waals surface area contributed by atoms with Crippen LogP contribution < -0.4 is 16.0 Å². The minimum Gasteiger partial charge on any atom is -0.383 e. The number of hydrogen-bond donors (Lipinski definition) is 3. The number of anilines is 1. The highest BCUT2D eigenvalue weighted by atomic mass is 19.1. The molecule has 9 nitrogen and oxygen atoms in total. The molecule has 0 bridgehead atoms. The molecular formula is C20H24FN5O4. The number of fused-ring (bicyclic) bond motifs is 1. The van der Waals surface area contributed by atoms with E-state index in [1.54, 1.807) is 0 Å². The quantitative estimate of drug-likeness (QED) is 0.439. The second kappa shape index (κ2) is 8.49. The minimum absolute atomic E-state index is 0.0397. The van der Waals surface area contributed by atoms with E-state index in [9.17, 15) is 23.6 Å². The van der Waals surface area contributed by atoms with Gasteiger partial charge in [-0.2, -0.15) is 0 Å². The van der Waals surface area contributed by atoms with Gasteiger partial charge in [-0.3, -0.25) is 29.4 Å². The molecular weight excluding hydrogens is 393 g/mol. The first-order chi connectivity index (χ1) is 14.5. The number of piperidine rings is 1. The molecule has 10 heteroatoms. The van der Waals surface area contributed by atoms with Crippen LogP contribution >= 0.6 is 0 Å². The van der Waals surface area contributed by atoms with E-state index in [1.807, 2.05) is 0 Å². The highest BCUT2D eigenvalue weighted by Gasteiger charge is 2.45. The van der Waals surface area contributed by atoms with E-state index in [1.165, 1.54) is 6.07 Å². The Morgan fingerprint density at radius 3 is 2.47 bits per heavy atom. The van der Waals surface area contributed by atoms with E-state index in [-0.39, 0.29) is 29.7 Å². The Bertz CT molecular complexity index is 899. The molecule has 1 aromatic rings. The fourth-order valence-corrected chi connectivity index (χ4v) is 4.09. The molecule has 2 fully saturated rings. The maximum atomic E-state index is 14.5. The van der Waals surface area contributed by atoms with Crippen molar-refractivity contribution in [2.45, 2.75) is 25.3 Å². The molecule has 3 aliphatic heterocycles. The molecule has 0 aromatic heterocycles. The van der Waals surface area contributed by atoms with Crippen LogP contribution in [0.1, 0.15) is 40.0 Å². The summed E-state index contributed by atoms with van der Waals surface area (Å²) in [6.45, 7) is 5.32. The average molecular weight is 417 g/mol. The average Bonchev–Trinajstić information content (AvgIpc) is 2.96. The largest absolute Gasteiger partial charge is 0.383 e. The second-order valence-corrected chi connectivity index (χ2v) is 7.70. The number of nitrogens with one attached hydrogen (secondary N) is 3. The maximum Gasteiger partial charge on any atom is 0.262 e. The molecule has 1 unspecified atom stereocenters. The highest BCUT2D eigenvalue weighted by Crippen LogP contribution is 2.31. The summed E-state index contributed by atoms with van der Waals surface area (Å²) in [7, 11) is 0. The monoisotopic (exact) mass is 417 g/mol. The molecule has 0 aliphatic carbocycles. The van der Waals surface area contributed by atoms with Gasteiger partial charge in [0.1, 0.15) is 11.9 Å². The topological polar surface area (TPSA) is 111 Å². The summed E-state index contributed by atoms with van der Waals surface area (Å²) in [5, 5.41) is 8.43. The van der Waals surface area contributed by atoms with Crippen molar-refractivity contribution >= 4 is 29.3 Å². The van der Waals surface area contributed by atoms with Crippen molar-refractivity contribution < 1.29 is 23.6 Å². The molecule has 2 saturated heterocycles. The summed E-state index contributed by atoms with van der Waals surface area (Å²) in [6.07, 6.45) is 0.916. The molecule has 160 valence electrons. The molecule has 4 amide bonds. The number of amides is 4. The van der Waals surface area contributed by atoms with Crippen LogP contribution in [0, 0.1) is 5.82 Å². The third-order valence-electron chi connectivity index (χ3n) is 5.70. The second-order valence-electron chi connectivity index (χ2n) is 7.70. The molecule has 3 N–H and O–H groups in total. The zero-order chi connectivity index (χ0) is 21.3. The van der Waals surface area contributed by atoms with Gasteiger partial charge in [-0.25, -0.2) is 4.39 Å². The first-order valence-electron chi connectivity index (χ1n) is 10.2. The first kappa shape index (κ1) is 20.4. The van der Waals surface area contributed by atoms with Gasteiger partial charge in [-0.05, 0) is 31.5 Å². The number of rotatable bonds is 6. The van der Waals surface area contributed by atoms with Crippen molar-refractivity contribution in [2.24, 2.45) is 0 Å². The Kier molecular flexibility index (Phi) is 5.78. The maximum absolute atomic E-state index is 14.5. The van der Waals surface area contributed by atoms with E-state index in [4.69, 9.17) is 0 Å². The first-order valence-corrected chi connectivity index (χ1v) is 10.2. The molecule has 0 spiro atoms. The van der Waals surface area contributed by atoms with Gasteiger partial charge in [0.2, 0.25) is 11.8 Å². The molecule has 3 aliphatic rings. The Hall–Kier alpha value is -2.85. The standard InChI is InChI=1S/C20H24FN5O4/c21-14-10-12-13(11-15(14)23-4-1-7-25-8-5-22-6-9-25)20(30)26(19(12)29)16-2-3-17(27)24-18(16)28/h10-11,16,22-23H,1-9H2,(H,24,27,28). The van der Waals surface area contributed by atoms with Gasteiger partial charge in [0.05, 0.1) is 16.8 Å². The molecule has 3 heterocycles. The molecule has 0 saturated carbocycles. The fraction of sp³-hybridized carbons (Fsp3) is 0.500. The van der Waals surface area contributed by atoms with Gasteiger partial charge < -0.3 is 15.5 Å². The van der Waals surface area contributed by atoms with E-state index in [2.05, 4.69) is 20.9 Å². The Labute approximate surface area is 173 Å². The number of carbonyl (C=O) groups excluding carboxylic acids is 4. The minimum atomic E-state index is -1.06. The van der Waals surface area contributed by atoms with Gasteiger partial charge in [0.25, 0.3) is 11.8 Å². The zero-order valence-electron chi connectivity index (χ0n) is 16.5. The summed E-state index contributed by atoms with van der Waals surface area (Å²) in [5.41, 5.74) is 0.157. The van der Waals surface area contributed by atoms with Crippen molar-refractivity contribution in [3.8, 4) is 0 Å². The summed E-state index contributed by atoms with van der Waals surface area (Å²) >= 11 is 0. The van der Waals surface area contributed by atoms with E-state index in [0.717, 1.165) is 50.1 Å². The number of benzene rings is 1. The van der Waals surface area contributed by atoms with Crippen LogP contribution in [-0.4, -0.2) is 78.7 Å². The van der Waals surface area contributed by atoms with Crippen LogP contribution in [0.15, 0.2) is 12.1 Å². The van der Waals surface area contributed by atoms with Crippen LogP contribution in [0.25, 0.3) is 0 Å². The number of carbonyl (C=O) groups is 4. The molecule has 0 radical (unpaired) electrons. The molecule has 4 rings (SSSR count). The van der Waals surface area contributed by atoms with E-state index < -0.39 is 35.5 Å². The van der Waals surface area contributed by atoms with E-state index in [0.29, 0.717) is 6.54 Å². The van der Waals surface area contributed by atoms with Gasteiger partial charge >= 0.3 is 0 Å². The predicted octanol–water partition coefficient (Wildman–Crippen LogP) is -0.0659. The van der Waals surface area contributed by atoms with Crippen molar-refractivity contribution in [1.29, 1.82) is 0 Å². The predicted molar refractivity (Wildman–Crippen MR) is 105 cm³/mol. The SMILES string of the molecule is O=C1CCC(N2C(=O)c3cc(F)c(NCCCN4CCNCC4)cc3C2=O)C(=O)N1. The lowest BCUT2D eigenvalue weighted by molar-refractivity contribution is -0.136. The van der Waals surface area contributed by atoms with Crippen molar-refractivity contribution in [3.63, 3.8) is 0 Å². The van der Waals surface area contributed by atoms with Crippen LogP contribution in [0.3, 0.4) is 0 Å². The number of hydrogen-bond acceptors (Lipinski definition) is 7. The lowest BCUT2D eigenvalue weighted by Crippen LogP contribution is -2.54. The van der Waals surface area contributed by atoms with Gasteiger partial charge in [-0.15, -0.1) is 0 Å². The fourth-order valence-electron chi connectivity index (χ4n) is 4.09. The van der Waals surface area contributed by atoms with Crippen LogP contribution in [0.2, 0.25) is 0 Å². The van der Waals surface area contributed by atoms with Crippen LogP contribution in [0.5, 0.6) is 0 Å². The molecule has 30 heavy (non-hydrogen) atoms. The lowest BCUT2D eigenvalue weighted by Gasteiger charge is -2.27. The zero-order valence-corrected chi connectivity index (χ0v) is 16.5. The Morgan fingerprint density at radius 1 is 1.07 bits per heavy atom. The molecule has 1 aromatic carbocycles. The number of piperazine rings is 1. The lowest BCUT2D eigenvalue weighted by atomic mass is 10.0. The summed E-state index contributed by atoms with van der Waals surface area (Å²) in [6, 6.07) is 1.32. The van der Waals surface area contributed by atoms with Crippen molar-refractivity contribution in [2.75, 3.05) is 44.6 Å². The Morgan fingerprint density at radius 2 is 1.77 bits per heavy atom. The summed E-state index contributed by atoms with van der Waals surface area (Å²) in [4.78, 5) is 52.1. The van der Waals surface area contributed by atoms with Gasteiger partial charge in [-0.1, -0.05) is 0 Å². The summed E-state index contributed by atoms with van der Waals surface area (Å²) in [5.74, 6) is -3.11. The van der Waals surface area contributed by atoms with Gasteiger partial charge in [0, 0.05) is 39.1 Å². The smallest absolute Gasteiger partial charge is 0.262 e. The van der Waals surface area contributed by atoms with Gasteiger partial charge in [0.15, 0.2) is 0 Å². The van der Waals surface area contributed by atoms with Crippen molar-refractivity contribution in [1.82, 2.24) is 20.4 Å². The van der Waals surface area contributed by atoms with Crippen LogP contribution in [0.4, 0.5) is 10.1 Å². The third kappa shape index (κ3) is 3.92. The molecule has 1 atom stereocenters. The normalized spacial score (nSPS) is 22.3. The Balaban J connectivity index is 1.42. The number of halogens is 1. The van der Waals surface area contributed by atoms with E-state index >= 15 is 0 Å². The summed E-state index contributed by atoms with van der Waals surface area (Å²) < 4.78 is 14.5. The number of imide groups is 2. The third-order valence-corrected chi connectivity index (χ3v) is 5.70. The van der Waals surface area contributed by atoms with Crippen LogP contribution in [-0.2, 0) is 9.59 Å². The van der Waals surface area contributed by atoms with Crippen molar-refractivity contribution in [3.05, 3.63) is 29.1 Å². The number of nitrogens with zero attached hydrogens (tertiary/aromatic N) is 2. The highest BCUT2D eigenvalue weighted by molar-refractivity contribution is 6.23.